The van der Waals surface area contributed by atoms with Gasteiger partial charge in [0.15, 0.2) is 0 Å². The van der Waals surface area contributed by atoms with E-state index in [2.05, 4.69) is 27.9 Å². The van der Waals surface area contributed by atoms with E-state index in [4.69, 9.17) is 11.2 Å². The van der Waals surface area contributed by atoms with Crippen LogP contribution in [0.25, 0.3) is 0 Å². The molecule has 1 aliphatic heterocycles. The molecule has 0 saturated carbocycles. The maximum Gasteiger partial charge on any atom is 0.138 e. The predicted octanol–water partition coefficient (Wildman–Crippen LogP) is 2.37. The molecule has 0 spiro atoms. The molecule has 0 aromatic heterocycles. The number of hydrogen-bond acceptors (Lipinski definition) is 1. The highest BCUT2D eigenvalue weighted by molar-refractivity contribution is 9.10. The van der Waals surface area contributed by atoms with Crippen LogP contribution in [0.3, 0.4) is 0 Å². The third-order valence-corrected chi connectivity index (χ3v) is 2.36. The van der Waals surface area contributed by atoms with Crippen molar-refractivity contribution in [2.45, 2.75) is 6.42 Å². The summed E-state index contributed by atoms with van der Waals surface area (Å²) in [5, 5.41) is 0. The molecule has 1 aromatic rings. The Morgan fingerprint density at radius 3 is 3.08 bits per heavy atom. The molecule has 1 heterocycles. The van der Waals surface area contributed by atoms with Gasteiger partial charge in [0, 0.05) is 10.9 Å². The van der Waals surface area contributed by atoms with Crippen LogP contribution in [0.1, 0.15) is 11.1 Å². The first-order chi connectivity index (χ1) is 5.81. The van der Waals surface area contributed by atoms with E-state index in [9.17, 15) is 0 Å². The first kappa shape index (κ1) is 7.70. The van der Waals surface area contributed by atoms with Gasteiger partial charge in [0.2, 0.25) is 0 Å². The molecule has 2 rings (SSSR count). The fourth-order valence-corrected chi connectivity index (χ4v) is 1.88. The van der Waals surface area contributed by atoms with Crippen LogP contribution in [0.2, 0.25) is 0 Å². The molecule has 12 heavy (non-hydrogen) atoms. The molecule has 0 aliphatic carbocycles. The SMILES string of the molecule is C#Cc1cc(Br)cc2c1OCC2. The minimum atomic E-state index is 0.750. The lowest BCUT2D eigenvalue weighted by Gasteiger charge is -2.02. The van der Waals surface area contributed by atoms with E-state index in [1.807, 2.05) is 6.07 Å². The van der Waals surface area contributed by atoms with Gasteiger partial charge in [-0.25, -0.2) is 0 Å². The number of terminal acetylenes is 1. The molecule has 1 aliphatic rings. The molecule has 2 heteroatoms. The summed E-state index contributed by atoms with van der Waals surface area (Å²) in [4.78, 5) is 0. The zero-order valence-electron chi connectivity index (χ0n) is 6.43. The fourth-order valence-electron chi connectivity index (χ4n) is 1.38. The summed E-state index contributed by atoms with van der Waals surface area (Å²) >= 11 is 3.41. The Morgan fingerprint density at radius 1 is 1.50 bits per heavy atom. The smallest absolute Gasteiger partial charge is 0.138 e. The predicted molar refractivity (Wildman–Crippen MR) is 51.3 cm³/mol. The summed E-state index contributed by atoms with van der Waals surface area (Å²) in [6.45, 7) is 0.750. The Morgan fingerprint density at radius 2 is 2.33 bits per heavy atom. The minimum Gasteiger partial charge on any atom is -0.492 e. The highest BCUT2D eigenvalue weighted by atomic mass is 79.9. The van der Waals surface area contributed by atoms with E-state index in [1.165, 1.54) is 5.56 Å². The van der Waals surface area contributed by atoms with E-state index in [1.54, 1.807) is 0 Å². The highest BCUT2D eigenvalue weighted by Crippen LogP contribution is 2.32. The monoisotopic (exact) mass is 222 g/mol. The quantitative estimate of drug-likeness (QED) is 0.613. The van der Waals surface area contributed by atoms with Crippen molar-refractivity contribution in [3.63, 3.8) is 0 Å². The summed E-state index contributed by atoms with van der Waals surface area (Å²) in [6.07, 6.45) is 6.30. The molecule has 0 amide bonds. The molecule has 1 aromatic carbocycles. The van der Waals surface area contributed by atoms with Crippen LogP contribution in [0.4, 0.5) is 0 Å². The Hall–Kier alpha value is -0.940. The maximum absolute atomic E-state index is 5.41. The van der Waals surface area contributed by atoms with Crippen LogP contribution < -0.4 is 4.74 Å². The lowest BCUT2D eigenvalue weighted by atomic mass is 10.1. The Balaban J connectivity index is 2.64. The summed E-state index contributed by atoms with van der Waals surface area (Å²) in [5.41, 5.74) is 2.05. The largest absolute Gasteiger partial charge is 0.492 e. The van der Waals surface area contributed by atoms with Crippen molar-refractivity contribution in [1.82, 2.24) is 0 Å². The first-order valence-corrected chi connectivity index (χ1v) is 4.52. The molecular formula is C10H7BrO. The topological polar surface area (TPSA) is 9.23 Å². The van der Waals surface area contributed by atoms with Gasteiger partial charge in [0.25, 0.3) is 0 Å². The second-order valence-electron chi connectivity index (χ2n) is 2.68. The van der Waals surface area contributed by atoms with Gasteiger partial charge in [0.1, 0.15) is 5.75 Å². The molecule has 0 bridgehead atoms. The van der Waals surface area contributed by atoms with Gasteiger partial charge in [-0.15, -0.1) is 6.42 Å². The Bertz CT molecular complexity index is 363. The minimum absolute atomic E-state index is 0.750. The van der Waals surface area contributed by atoms with E-state index >= 15 is 0 Å². The molecule has 0 N–H and O–H groups in total. The normalized spacial score (nSPS) is 13.3. The van der Waals surface area contributed by atoms with E-state index in [-0.39, 0.29) is 0 Å². The number of fused-ring (bicyclic) bond motifs is 1. The molecular weight excluding hydrogens is 216 g/mol. The van der Waals surface area contributed by atoms with Gasteiger partial charge in [0.05, 0.1) is 12.2 Å². The van der Waals surface area contributed by atoms with Gasteiger partial charge in [-0.3, -0.25) is 0 Å². The number of hydrogen-bond donors (Lipinski definition) is 0. The Labute approximate surface area is 79.9 Å². The number of halogens is 1. The van der Waals surface area contributed by atoms with Crippen LogP contribution >= 0.6 is 15.9 Å². The van der Waals surface area contributed by atoms with Crippen LogP contribution in [0.5, 0.6) is 5.75 Å². The summed E-state index contributed by atoms with van der Waals surface area (Å²) in [7, 11) is 0. The number of benzene rings is 1. The second kappa shape index (κ2) is 2.84. The number of rotatable bonds is 0. The van der Waals surface area contributed by atoms with Crippen molar-refractivity contribution in [3.8, 4) is 18.1 Å². The van der Waals surface area contributed by atoms with Crippen LogP contribution in [0, 0.1) is 12.3 Å². The number of ether oxygens (including phenoxy) is 1. The van der Waals surface area contributed by atoms with E-state index < -0.39 is 0 Å². The molecule has 60 valence electrons. The van der Waals surface area contributed by atoms with Gasteiger partial charge in [-0.05, 0) is 17.7 Å². The summed E-state index contributed by atoms with van der Waals surface area (Å²) < 4.78 is 6.44. The molecule has 0 unspecified atom stereocenters. The van der Waals surface area contributed by atoms with Crippen molar-refractivity contribution in [2.24, 2.45) is 0 Å². The first-order valence-electron chi connectivity index (χ1n) is 3.73. The molecule has 0 saturated heterocycles. The second-order valence-corrected chi connectivity index (χ2v) is 3.60. The summed E-state index contributed by atoms with van der Waals surface area (Å²) in [6, 6.07) is 3.97. The standard InChI is InChI=1S/C10H7BrO/c1-2-7-5-9(11)6-8-3-4-12-10(7)8/h1,5-6H,3-4H2. The van der Waals surface area contributed by atoms with Gasteiger partial charge >= 0.3 is 0 Å². The lowest BCUT2D eigenvalue weighted by Crippen LogP contribution is -1.88. The average molecular weight is 223 g/mol. The average Bonchev–Trinajstić information content (AvgIpc) is 2.50. The molecule has 0 atom stereocenters. The van der Waals surface area contributed by atoms with Crippen molar-refractivity contribution in [2.75, 3.05) is 6.61 Å². The zero-order valence-corrected chi connectivity index (χ0v) is 8.02. The van der Waals surface area contributed by atoms with Gasteiger partial charge in [-0.2, -0.15) is 0 Å². The van der Waals surface area contributed by atoms with Crippen LogP contribution in [-0.4, -0.2) is 6.61 Å². The van der Waals surface area contributed by atoms with Crippen LogP contribution in [0.15, 0.2) is 16.6 Å². The highest BCUT2D eigenvalue weighted by Gasteiger charge is 2.15. The van der Waals surface area contributed by atoms with Crippen molar-refractivity contribution in [3.05, 3.63) is 27.7 Å². The molecule has 0 radical (unpaired) electrons. The summed E-state index contributed by atoms with van der Waals surface area (Å²) in [5.74, 6) is 3.50. The Kier molecular flexibility index (Phi) is 1.82. The maximum atomic E-state index is 5.41. The fraction of sp³-hybridized carbons (Fsp3) is 0.200. The molecule has 1 nitrogen and oxygen atoms in total. The van der Waals surface area contributed by atoms with Crippen LogP contribution in [-0.2, 0) is 6.42 Å². The van der Waals surface area contributed by atoms with E-state index in [0.717, 1.165) is 28.8 Å². The van der Waals surface area contributed by atoms with Crippen molar-refractivity contribution < 1.29 is 4.74 Å². The van der Waals surface area contributed by atoms with Crippen molar-refractivity contribution in [1.29, 1.82) is 0 Å². The van der Waals surface area contributed by atoms with E-state index in [0.29, 0.717) is 0 Å². The third kappa shape index (κ3) is 1.11. The van der Waals surface area contributed by atoms with Crippen molar-refractivity contribution >= 4 is 15.9 Å². The zero-order chi connectivity index (χ0) is 8.55. The molecule has 0 fully saturated rings. The van der Waals surface area contributed by atoms with Gasteiger partial charge in [-0.1, -0.05) is 21.9 Å². The third-order valence-electron chi connectivity index (χ3n) is 1.90. The van der Waals surface area contributed by atoms with Gasteiger partial charge < -0.3 is 4.74 Å². The lowest BCUT2D eigenvalue weighted by molar-refractivity contribution is 0.356.